The summed E-state index contributed by atoms with van der Waals surface area (Å²) < 4.78 is 5.05. The van der Waals surface area contributed by atoms with E-state index in [-0.39, 0.29) is 23.7 Å². The molecule has 0 unspecified atom stereocenters. The number of carbonyl (C=O) groups excluding carboxylic acids is 2. The summed E-state index contributed by atoms with van der Waals surface area (Å²) in [5, 5.41) is 16.5. The lowest BCUT2D eigenvalue weighted by Crippen LogP contribution is -2.36. The van der Waals surface area contributed by atoms with E-state index in [1.807, 2.05) is 0 Å². The highest BCUT2D eigenvalue weighted by Crippen LogP contribution is 2.25. The van der Waals surface area contributed by atoms with E-state index in [4.69, 9.17) is 9.84 Å². The summed E-state index contributed by atoms with van der Waals surface area (Å²) in [5.74, 6) is -0.947. The van der Waals surface area contributed by atoms with Gasteiger partial charge in [-0.3, -0.25) is 4.79 Å². The fourth-order valence-corrected chi connectivity index (χ4v) is 1.52. The number of hydrogen-bond donors (Lipinski definition) is 4. The number of benzene rings is 1. The molecule has 0 atom stereocenters. The lowest BCUT2D eigenvalue weighted by molar-refractivity contribution is -0.118. The minimum atomic E-state index is -1.10. The smallest absolute Gasteiger partial charge is 0.335 e. The van der Waals surface area contributed by atoms with Gasteiger partial charge in [0.05, 0.1) is 18.4 Å². The molecule has 1 aromatic carbocycles. The molecule has 0 aliphatic heterocycles. The number of rotatable bonds is 6. The molecule has 0 bridgehead atoms. The number of methoxy groups -OCH3 is 1. The monoisotopic (exact) mass is 295 g/mol. The largest absolute Gasteiger partial charge is 0.495 e. The van der Waals surface area contributed by atoms with Crippen LogP contribution in [0.1, 0.15) is 17.3 Å². The number of ether oxygens (including phenoxy) is 1. The number of aromatic carboxylic acids is 1. The molecule has 0 aromatic heterocycles. The summed E-state index contributed by atoms with van der Waals surface area (Å²) in [6.07, 6.45) is 0. The standard InChI is InChI=1S/C13H17N3O5/c1-8(17)14-5-6-15-13(20)16-10-7-9(12(18)19)3-4-11(10)21-2/h3-4,7H,5-6H2,1-2H3,(H,14,17)(H,18,19)(H2,15,16,20). The Kier molecular flexibility index (Phi) is 5.99. The van der Waals surface area contributed by atoms with Gasteiger partial charge in [-0.1, -0.05) is 0 Å². The zero-order valence-electron chi connectivity index (χ0n) is 11.7. The molecule has 3 amide bonds. The highest BCUT2D eigenvalue weighted by atomic mass is 16.5. The topological polar surface area (TPSA) is 117 Å². The van der Waals surface area contributed by atoms with Crippen LogP contribution in [0.4, 0.5) is 10.5 Å². The van der Waals surface area contributed by atoms with E-state index < -0.39 is 12.0 Å². The molecular formula is C13H17N3O5. The van der Waals surface area contributed by atoms with Crippen LogP contribution >= 0.6 is 0 Å². The molecule has 0 saturated carbocycles. The number of carbonyl (C=O) groups is 3. The number of carboxylic acid groups (broad SMARTS) is 1. The maximum Gasteiger partial charge on any atom is 0.335 e. The summed E-state index contributed by atoms with van der Waals surface area (Å²) in [6, 6.07) is 3.60. The molecule has 8 heteroatoms. The number of amides is 3. The van der Waals surface area contributed by atoms with E-state index in [0.29, 0.717) is 12.3 Å². The number of anilines is 1. The molecular weight excluding hydrogens is 278 g/mol. The summed E-state index contributed by atoms with van der Waals surface area (Å²) in [4.78, 5) is 33.2. The zero-order chi connectivity index (χ0) is 15.8. The average molecular weight is 295 g/mol. The van der Waals surface area contributed by atoms with Crippen molar-refractivity contribution in [1.29, 1.82) is 0 Å². The van der Waals surface area contributed by atoms with E-state index >= 15 is 0 Å². The molecule has 114 valence electrons. The molecule has 0 aliphatic carbocycles. The molecule has 1 aromatic rings. The molecule has 0 spiro atoms. The SMILES string of the molecule is COc1ccc(C(=O)O)cc1NC(=O)NCCNC(C)=O. The molecule has 0 saturated heterocycles. The maximum absolute atomic E-state index is 11.7. The molecule has 4 N–H and O–H groups in total. The third kappa shape index (κ3) is 5.39. The number of hydrogen-bond acceptors (Lipinski definition) is 4. The van der Waals surface area contributed by atoms with Gasteiger partial charge >= 0.3 is 12.0 Å². The van der Waals surface area contributed by atoms with Crippen molar-refractivity contribution in [3.63, 3.8) is 0 Å². The Morgan fingerprint density at radius 2 is 1.86 bits per heavy atom. The van der Waals surface area contributed by atoms with Crippen LogP contribution in [0, 0.1) is 0 Å². The van der Waals surface area contributed by atoms with E-state index in [9.17, 15) is 14.4 Å². The summed E-state index contributed by atoms with van der Waals surface area (Å²) in [5.41, 5.74) is 0.277. The Balaban J connectivity index is 2.63. The Morgan fingerprint density at radius 1 is 1.19 bits per heavy atom. The summed E-state index contributed by atoms with van der Waals surface area (Å²) in [6.45, 7) is 1.92. The molecule has 0 aliphatic rings. The van der Waals surface area contributed by atoms with Gasteiger partial charge < -0.3 is 25.8 Å². The van der Waals surface area contributed by atoms with Crippen molar-refractivity contribution in [2.24, 2.45) is 0 Å². The zero-order valence-corrected chi connectivity index (χ0v) is 11.7. The summed E-state index contributed by atoms with van der Waals surface area (Å²) in [7, 11) is 1.41. The lowest BCUT2D eigenvalue weighted by Gasteiger charge is -2.12. The van der Waals surface area contributed by atoms with Crippen molar-refractivity contribution in [3.8, 4) is 5.75 Å². The third-order valence-electron chi connectivity index (χ3n) is 2.48. The van der Waals surface area contributed by atoms with Crippen molar-refractivity contribution in [3.05, 3.63) is 23.8 Å². The van der Waals surface area contributed by atoms with Crippen molar-refractivity contribution < 1.29 is 24.2 Å². The van der Waals surface area contributed by atoms with Gasteiger partial charge in [-0.15, -0.1) is 0 Å². The van der Waals surface area contributed by atoms with Gasteiger partial charge in [0.15, 0.2) is 0 Å². The molecule has 1 rings (SSSR count). The normalized spacial score (nSPS) is 9.62. The Labute approximate surface area is 121 Å². The van der Waals surface area contributed by atoms with Crippen molar-refractivity contribution >= 4 is 23.6 Å². The van der Waals surface area contributed by atoms with Crippen LogP contribution in [0.25, 0.3) is 0 Å². The van der Waals surface area contributed by atoms with Crippen LogP contribution in [-0.2, 0) is 4.79 Å². The second kappa shape index (κ2) is 7.73. The van der Waals surface area contributed by atoms with Gasteiger partial charge in [0.1, 0.15) is 5.75 Å². The Hall–Kier alpha value is -2.77. The van der Waals surface area contributed by atoms with Crippen molar-refractivity contribution in [2.75, 3.05) is 25.5 Å². The lowest BCUT2D eigenvalue weighted by atomic mass is 10.2. The van der Waals surface area contributed by atoms with Gasteiger partial charge in [-0.05, 0) is 18.2 Å². The van der Waals surface area contributed by atoms with Crippen LogP contribution in [0.5, 0.6) is 5.75 Å². The van der Waals surface area contributed by atoms with E-state index in [1.165, 1.54) is 32.2 Å². The van der Waals surface area contributed by atoms with Crippen molar-refractivity contribution in [2.45, 2.75) is 6.92 Å². The van der Waals surface area contributed by atoms with Gasteiger partial charge in [0.25, 0.3) is 0 Å². The molecule has 0 fully saturated rings. The van der Waals surface area contributed by atoms with Gasteiger partial charge in [-0.2, -0.15) is 0 Å². The minimum absolute atomic E-state index is 0.0318. The first-order chi connectivity index (χ1) is 9.93. The fourth-order valence-electron chi connectivity index (χ4n) is 1.52. The van der Waals surface area contributed by atoms with Crippen LogP contribution in [0.2, 0.25) is 0 Å². The minimum Gasteiger partial charge on any atom is -0.495 e. The highest BCUT2D eigenvalue weighted by molar-refractivity contribution is 5.94. The fraction of sp³-hybridized carbons (Fsp3) is 0.308. The maximum atomic E-state index is 11.7. The second-order valence-electron chi connectivity index (χ2n) is 4.08. The number of carboxylic acids is 1. The van der Waals surface area contributed by atoms with E-state index in [1.54, 1.807) is 0 Å². The first kappa shape index (κ1) is 16.3. The number of urea groups is 1. The first-order valence-corrected chi connectivity index (χ1v) is 6.14. The molecule has 0 heterocycles. The third-order valence-corrected chi connectivity index (χ3v) is 2.48. The van der Waals surface area contributed by atoms with Crippen molar-refractivity contribution in [1.82, 2.24) is 10.6 Å². The average Bonchev–Trinajstić information content (AvgIpc) is 2.43. The quantitative estimate of drug-likeness (QED) is 0.575. The summed E-state index contributed by atoms with van der Waals surface area (Å²) >= 11 is 0. The first-order valence-electron chi connectivity index (χ1n) is 6.14. The predicted octanol–water partition coefficient (Wildman–Crippen LogP) is 0.651. The predicted molar refractivity (Wildman–Crippen MR) is 75.7 cm³/mol. The Bertz CT molecular complexity index is 545. The van der Waals surface area contributed by atoms with Gasteiger partial charge in [0.2, 0.25) is 5.91 Å². The Morgan fingerprint density at radius 3 is 2.43 bits per heavy atom. The van der Waals surface area contributed by atoms with Crippen LogP contribution in [-0.4, -0.2) is 43.2 Å². The second-order valence-corrected chi connectivity index (χ2v) is 4.08. The van der Waals surface area contributed by atoms with Crippen LogP contribution in [0.15, 0.2) is 18.2 Å². The van der Waals surface area contributed by atoms with Crippen LogP contribution < -0.4 is 20.7 Å². The van der Waals surface area contributed by atoms with Gasteiger partial charge in [-0.25, -0.2) is 9.59 Å². The van der Waals surface area contributed by atoms with Crippen LogP contribution in [0.3, 0.4) is 0 Å². The van der Waals surface area contributed by atoms with E-state index in [0.717, 1.165) is 0 Å². The molecule has 8 nitrogen and oxygen atoms in total. The van der Waals surface area contributed by atoms with E-state index in [2.05, 4.69) is 16.0 Å². The molecule has 21 heavy (non-hydrogen) atoms. The van der Waals surface area contributed by atoms with Gasteiger partial charge in [0, 0.05) is 20.0 Å². The highest BCUT2D eigenvalue weighted by Gasteiger charge is 2.11. The number of nitrogens with one attached hydrogen (secondary N) is 3. The molecule has 0 radical (unpaired) electrons.